The molecule has 0 aliphatic heterocycles. The summed E-state index contributed by atoms with van der Waals surface area (Å²) in [5.74, 6) is -0.0144. The number of methoxy groups -OCH3 is 1. The van der Waals surface area contributed by atoms with Crippen LogP contribution in [0.15, 0.2) is 54.6 Å². The average molecular weight is 516 g/mol. The van der Waals surface area contributed by atoms with E-state index in [2.05, 4.69) is 5.32 Å². The minimum absolute atomic E-state index is 0.129. The minimum Gasteiger partial charge on any atom is -0.497 e. The molecule has 2 aromatic carbocycles. The van der Waals surface area contributed by atoms with Gasteiger partial charge < -0.3 is 15.0 Å². The average Bonchev–Trinajstić information content (AvgIpc) is 3.38. The summed E-state index contributed by atoms with van der Waals surface area (Å²) in [4.78, 5) is 28.5. The van der Waals surface area contributed by atoms with Gasteiger partial charge in [-0.3, -0.25) is 13.9 Å². The van der Waals surface area contributed by atoms with Crippen LogP contribution in [-0.4, -0.2) is 63.7 Å². The zero-order chi connectivity index (χ0) is 26.1. The highest BCUT2D eigenvalue weighted by atomic mass is 32.2. The number of nitrogens with one attached hydrogen (secondary N) is 1. The SMILES string of the molecule is CC[C@@H](C(=O)NC1CCCC1)N(CCc1ccccc1)C(=O)CN(c1ccc(OC)cc1)S(C)(=O)=O. The Kier molecular flexibility index (Phi) is 9.75. The Morgan fingerprint density at radius 3 is 2.25 bits per heavy atom. The Morgan fingerprint density at radius 1 is 1.06 bits per heavy atom. The van der Waals surface area contributed by atoms with Gasteiger partial charge >= 0.3 is 0 Å². The largest absolute Gasteiger partial charge is 0.497 e. The van der Waals surface area contributed by atoms with Crippen molar-refractivity contribution in [3.8, 4) is 5.75 Å². The first-order valence-corrected chi connectivity index (χ1v) is 14.3. The van der Waals surface area contributed by atoms with Crippen molar-refractivity contribution in [1.29, 1.82) is 0 Å². The summed E-state index contributed by atoms with van der Waals surface area (Å²) in [7, 11) is -2.23. The molecule has 0 spiro atoms. The molecule has 196 valence electrons. The first-order chi connectivity index (χ1) is 17.2. The Bertz CT molecular complexity index is 1100. The lowest BCUT2D eigenvalue weighted by atomic mass is 10.1. The van der Waals surface area contributed by atoms with E-state index in [0.29, 0.717) is 30.8 Å². The molecule has 1 fully saturated rings. The minimum atomic E-state index is -3.76. The molecular formula is C27H37N3O5S. The van der Waals surface area contributed by atoms with Crippen LogP contribution < -0.4 is 14.4 Å². The zero-order valence-corrected chi connectivity index (χ0v) is 22.2. The van der Waals surface area contributed by atoms with E-state index in [1.807, 2.05) is 37.3 Å². The molecule has 1 saturated carbocycles. The highest BCUT2D eigenvalue weighted by molar-refractivity contribution is 7.92. The number of ether oxygens (including phenoxy) is 1. The summed E-state index contributed by atoms with van der Waals surface area (Å²) in [5, 5.41) is 3.11. The molecule has 2 amide bonds. The second-order valence-electron chi connectivity index (χ2n) is 9.20. The molecule has 8 nitrogen and oxygen atoms in total. The predicted octanol–water partition coefficient (Wildman–Crippen LogP) is 3.37. The van der Waals surface area contributed by atoms with Crippen molar-refractivity contribution in [1.82, 2.24) is 10.2 Å². The summed E-state index contributed by atoms with van der Waals surface area (Å²) in [6.45, 7) is 1.78. The molecule has 1 atom stereocenters. The molecule has 1 aliphatic carbocycles. The fourth-order valence-corrected chi connectivity index (χ4v) is 5.48. The monoisotopic (exact) mass is 515 g/mol. The molecule has 0 heterocycles. The second kappa shape index (κ2) is 12.8. The number of nitrogens with zero attached hydrogens (tertiary/aromatic N) is 2. The van der Waals surface area contributed by atoms with Crippen LogP contribution in [0.25, 0.3) is 0 Å². The summed E-state index contributed by atoms with van der Waals surface area (Å²) in [6, 6.07) is 15.7. The van der Waals surface area contributed by atoms with E-state index in [-0.39, 0.29) is 11.9 Å². The van der Waals surface area contributed by atoms with Crippen molar-refractivity contribution >= 4 is 27.5 Å². The normalized spacial score (nSPS) is 14.8. The fourth-order valence-electron chi connectivity index (χ4n) is 4.63. The molecule has 0 radical (unpaired) electrons. The van der Waals surface area contributed by atoms with Crippen LogP contribution in [0.3, 0.4) is 0 Å². The van der Waals surface area contributed by atoms with Crippen molar-refractivity contribution in [2.45, 2.75) is 57.5 Å². The molecule has 2 aromatic rings. The third-order valence-corrected chi connectivity index (χ3v) is 7.75. The number of hydrogen-bond acceptors (Lipinski definition) is 5. The quantitative estimate of drug-likeness (QED) is 0.468. The number of sulfonamides is 1. The van der Waals surface area contributed by atoms with E-state index in [0.717, 1.165) is 41.8 Å². The third-order valence-electron chi connectivity index (χ3n) is 6.61. The maximum Gasteiger partial charge on any atom is 0.244 e. The van der Waals surface area contributed by atoms with Gasteiger partial charge in [0.25, 0.3) is 0 Å². The van der Waals surface area contributed by atoms with Crippen molar-refractivity contribution in [2.75, 3.05) is 30.8 Å². The number of benzene rings is 2. The molecule has 3 rings (SSSR count). The van der Waals surface area contributed by atoms with Crippen LogP contribution in [0.1, 0.15) is 44.6 Å². The molecule has 0 unspecified atom stereocenters. The first-order valence-electron chi connectivity index (χ1n) is 12.5. The van der Waals surface area contributed by atoms with E-state index in [1.165, 1.54) is 7.11 Å². The first kappa shape index (κ1) is 27.5. The second-order valence-corrected chi connectivity index (χ2v) is 11.1. The smallest absolute Gasteiger partial charge is 0.244 e. The standard InChI is InChI=1S/C27H37N3O5S/c1-4-25(27(32)28-22-12-8-9-13-22)29(19-18-21-10-6-5-7-11-21)26(31)20-30(36(3,33)34)23-14-16-24(35-2)17-15-23/h5-7,10-11,14-17,22,25H,4,8-9,12-13,18-20H2,1-3H3,(H,28,32)/t25-/m0/s1. The van der Waals surface area contributed by atoms with E-state index in [4.69, 9.17) is 4.74 Å². The van der Waals surface area contributed by atoms with Gasteiger partial charge in [-0.15, -0.1) is 0 Å². The van der Waals surface area contributed by atoms with Crippen molar-refractivity contribution in [2.24, 2.45) is 0 Å². The maximum atomic E-state index is 13.7. The molecule has 0 saturated heterocycles. The Balaban J connectivity index is 1.85. The zero-order valence-electron chi connectivity index (χ0n) is 21.4. The van der Waals surface area contributed by atoms with Gasteiger partial charge in [-0.25, -0.2) is 8.42 Å². The number of anilines is 1. The number of carbonyl (C=O) groups excluding carboxylic acids is 2. The van der Waals surface area contributed by atoms with E-state index < -0.39 is 28.5 Å². The van der Waals surface area contributed by atoms with Crippen molar-refractivity contribution < 1.29 is 22.7 Å². The third kappa shape index (κ3) is 7.46. The molecule has 1 aliphatic rings. The lowest BCUT2D eigenvalue weighted by Gasteiger charge is -2.33. The fraction of sp³-hybridized carbons (Fsp3) is 0.481. The Morgan fingerprint density at radius 2 is 1.69 bits per heavy atom. The lowest BCUT2D eigenvalue weighted by molar-refractivity contribution is -0.139. The molecule has 9 heteroatoms. The highest BCUT2D eigenvalue weighted by Gasteiger charge is 2.32. The van der Waals surface area contributed by atoms with E-state index in [9.17, 15) is 18.0 Å². The van der Waals surface area contributed by atoms with Gasteiger partial charge in [0.2, 0.25) is 21.8 Å². The molecule has 0 aromatic heterocycles. The van der Waals surface area contributed by atoms with Gasteiger partial charge in [0.05, 0.1) is 19.1 Å². The Hall–Kier alpha value is -3.07. The van der Waals surface area contributed by atoms with Gasteiger partial charge in [0.15, 0.2) is 0 Å². The van der Waals surface area contributed by atoms with Gasteiger partial charge in [0, 0.05) is 12.6 Å². The van der Waals surface area contributed by atoms with Crippen LogP contribution in [0.2, 0.25) is 0 Å². The summed E-state index contributed by atoms with van der Waals surface area (Å²) in [6.07, 6.45) is 6.12. The number of carbonyl (C=O) groups is 2. The van der Waals surface area contributed by atoms with Gasteiger partial charge in [-0.2, -0.15) is 0 Å². The summed E-state index contributed by atoms with van der Waals surface area (Å²) >= 11 is 0. The predicted molar refractivity (Wildman–Crippen MR) is 142 cm³/mol. The van der Waals surface area contributed by atoms with Gasteiger partial charge in [-0.05, 0) is 55.5 Å². The lowest BCUT2D eigenvalue weighted by Crippen LogP contribution is -2.54. The Labute approximate surface area is 214 Å². The highest BCUT2D eigenvalue weighted by Crippen LogP contribution is 2.23. The molecule has 36 heavy (non-hydrogen) atoms. The summed E-state index contributed by atoms with van der Waals surface area (Å²) < 4.78 is 31.6. The van der Waals surface area contributed by atoms with Crippen molar-refractivity contribution in [3.63, 3.8) is 0 Å². The van der Waals surface area contributed by atoms with E-state index >= 15 is 0 Å². The molecule has 0 bridgehead atoms. The molecule has 1 N–H and O–H groups in total. The summed E-state index contributed by atoms with van der Waals surface area (Å²) in [5.41, 5.74) is 1.40. The van der Waals surface area contributed by atoms with Gasteiger partial charge in [0.1, 0.15) is 18.3 Å². The topological polar surface area (TPSA) is 96.0 Å². The van der Waals surface area contributed by atoms with Crippen LogP contribution in [0.4, 0.5) is 5.69 Å². The number of hydrogen-bond donors (Lipinski definition) is 1. The van der Waals surface area contributed by atoms with Gasteiger partial charge in [-0.1, -0.05) is 50.1 Å². The van der Waals surface area contributed by atoms with Crippen LogP contribution in [0.5, 0.6) is 5.75 Å². The van der Waals surface area contributed by atoms with Crippen LogP contribution in [0, 0.1) is 0 Å². The molecular weight excluding hydrogens is 478 g/mol. The van der Waals surface area contributed by atoms with Crippen LogP contribution >= 0.6 is 0 Å². The van der Waals surface area contributed by atoms with Crippen molar-refractivity contribution in [3.05, 3.63) is 60.2 Å². The van der Waals surface area contributed by atoms with E-state index in [1.54, 1.807) is 29.2 Å². The number of amides is 2. The number of rotatable bonds is 12. The maximum absolute atomic E-state index is 13.7. The van der Waals surface area contributed by atoms with Crippen LogP contribution in [-0.2, 0) is 26.0 Å².